The summed E-state index contributed by atoms with van der Waals surface area (Å²) in [5.74, 6) is 1.87. The Morgan fingerprint density at radius 3 is 2.50 bits per heavy atom. The summed E-state index contributed by atoms with van der Waals surface area (Å²) >= 11 is 0. The van der Waals surface area contributed by atoms with E-state index in [1.54, 1.807) is 0 Å². The Hall–Kier alpha value is -1.87. The maximum absolute atomic E-state index is 5.68. The molecule has 0 aromatic heterocycles. The Bertz CT molecular complexity index is 708. The second kappa shape index (κ2) is 4.91. The van der Waals surface area contributed by atoms with Crippen molar-refractivity contribution in [3.05, 3.63) is 59.9 Å². The van der Waals surface area contributed by atoms with E-state index in [0.29, 0.717) is 0 Å². The van der Waals surface area contributed by atoms with Gasteiger partial charge < -0.3 is 8.54 Å². The average molecular weight is 281 g/mol. The molecule has 100 valence electrons. The summed E-state index contributed by atoms with van der Waals surface area (Å²) in [4.78, 5) is 0. The summed E-state index contributed by atoms with van der Waals surface area (Å²) in [6.07, 6.45) is 2.01. The lowest BCUT2D eigenvalue weighted by atomic mass is 9.92. The molecule has 3 heteroatoms. The maximum atomic E-state index is 5.68. The van der Waals surface area contributed by atoms with E-state index in [0.717, 1.165) is 17.1 Å². The van der Waals surface area contributed by atoms with Crippen molar-refractivity contribution >= 4 is 26.6 Å². The highest BCUT2D eigenvalue weighted by atomic mass is 28.2. The highest BCUT2D eigenvalue weighted by Gasteiger charge is 2.32. The van der Waals surface area contributed by atoms with E-state index in [2.05, 4.69) is 63.2 Å². The lowest BCUT2D eigenvalue weighted by Gasteiger charge is -2.20. The first-order chi connectivity index (χ1) is 9.54. The highest BCUT2D eigenvalue weighted by molar-refractivity contribution is 6.22. The minimum Gasteiger partial charge on any atom is -0.464 e. The molecular weight excluding hydrogens is 264 g/mol. The number of ketones is 1. The quantitative estimate of drug-likeness (QED) is 0.570. The first-order valence-electron chi connectivity index (χ1n) is 6.71. The molecule has 2 radical (unpaired) electrons. The monoisotopic (exact) mass is 281 g/mol. The third kappa shape index (κ3) is 2.54. The minimum absolute atomic E-state index is 0.00111. The third-order valence-corrected chi connectivity index (χ3v) is 3.95. The predicted octanol–water partition coefficient (Wildman–Crippen LogP) is 4.05. The molecule has 0 unspecified atom stereocenters. The lowest BCUT2D eigenvalue weighted by Crippen LogP contribution is -2.20. The van der Waals surface area contributed by atoms with Gasteiger partial charge in [-0.25, -0.2) is 0 Å². The van der Waals surface area contributed by atoms with Crippen LogP contribution in [0.25, 0.3) is 10.8 Å². The van der Waals surface area contributed by atoms with Crippen LogP contribution in [0.15, 0.2) is 54.3 Å². The van der Waals surface area contributed by atoms with Crippen LogP contribution in [0.5, 0.6) is 0 Å². The van der Waals surface area contributed by atoms with Gasteiger partial charge in [0.2, 0.25) is 0 Å². The van der Waals surface area contributed by atoms with Gasteiger partial charge in [-0.3, -0.25) is 0 Å². The van der Waals surface area contributed by atoms with E-state index >= 15 is 0 Å². The molecule has 0 spiro atoms. The van der Waals surface area contributed by atoms with Crippen molar-refractivity contribution in [3.8, 4) is 0 Å². The van der Waals surface area contributed by atoms with Gasteiger partial charge in [0.25, 0.3) is 0 Å². The van der Waals surface area contributed by atoms with Gasteiger partial charge in [0.15, 0.2) is 0 Å². The summed E-state index contributed by atoms with van der Waals surface area (Å²) < 4.78 is 11.3. The predicted molar refractivity (Wildman–Crippen MR) is 82.7 cm³/mol. The van der Waals surface area contributed by atoms with Crippen LogP contribution in [-0.2, 0) is 4.43 Å². The molecule has 0 bridgehead atoms. The number of carbonyl (C=O) groups excluding carboxylic acids is 1. The number of fused-ring (bicyclic) bond motifs is 1. The van der Waals surface area contributed by atoms with Crippen LogP contribution in [0, 0.1) is 5.41 Å². The van der Waals surface area contributed by atoms with Crippen LogP contribution in [-0.4, -0.2) is 15.8 Å². The molecule has 1 aliphatic heterocycles. The van der Waals surface area contributed by atoms with E-state index in [1.807, 2.05) is 6.08 Å². The van der Waals surface area contributed by atoms with Gasteiger partial charge in [0.05, 0.1) is 11.6 Å². The van der Waals surface area contributed by atoms with Crippen molar-refractivity contribution in [2.75, 3.05) is 0 Å². The molecule has 2 aromatic carbocycles. The zero-order chi connectivity index (χ0) is 14.2. The highest BCUT2D eigenvalue weighted by Crippen LogP contribution is 2.28. The Balaban J connectivity index is 2.03. The van der Waals surface area contributed by atoms with Crippen molar-refractivity contribution < 1.29 is 8.54 Å². The third-order valence-electron chi connectivity index (χ3n) is 3.34. The van der Waals surface area contributed by atoms with Gasteiger partial charge in [-0.2, -0.15) is 0 Å². The molecule has 3 rings (SSSR count). The Morgan fingerprint density at radius 2 is 1.75 bits per heavy atom. The second-order valence-corrected chi connectivity index (χ2v) is 6.55. The summed E-state index contributed by atoms with van der Waals surface area (Å²) in [5.41, 5.74) is 1.10. The van der Waals surface area contributed by atoms with Crippen molar-refractivity contribution in [3.63, 3.8) is 0 Å². The van der Waals surface area contributed by atoms with Crippen LogP contribution >= 0.6 is 0 Å². The number of hydrogen-bond acceptors (Lipinski definition) is 1. The van der Waals surface area contributed by atoms with E-state index in [-0.39, 0.29) is 15.4 Å². The fourth-order valence-electron chi connectivity index (χ4n) is 2.14. The molecular formula is C17H17O2Si+. The molecule has 1 aliphatic rings. The van der Waals surface area contributed by atoms with Crippen molar-refractivity contribution in [1.29, 1.82) is 0 Å². The van der Waals surface area contributed by atoms with Gasteiger partial charge in [-0.15, -0.1) is 0 Å². The fraction of sp³-hybridized carbons (Fsp3) is 0.235. The Labute approximate surface area is 121 Å². The van der Waals surface area contributed by atoms with Crippen LogP contribution in [0.3, 0.4) is 0 Å². The van der Waals surface area contributed by atoms with Crippen molar-refractivity contribution in [2.45, 2.75) is 20.8 Å². The number of rotatable bonds is 1. The average Bonchev–Trinajstić information content (AvgIpc) is 2.46. The molecule has 0 amide bonds. The van der Waals surface area contributed by atoms with Gasteiger partial charge in [0.1, 0.15) is 5.76 Å². The number of allylic oxidation sites excluding steroid dienone is 2. The number of benzene rings is 2. The molecule has 1 heterocycles. The van der Waals surface area contributed by atoms with Gasteiger partial charge in [-0.1, -0.05) is 51.1 Å². The largest absolute Gasteiger partial charge is 1.02 e. The molecule has 2 nitrogen and oxygen atoms in total. The molecule has 0 saturated heterocycles. The second-order valence-electron chi connectivity index (χ2n) is 5.97. The lowest BCUT2D eigenvalue weighted by molar-refractivity contribution is -0.109. The van der Waals surface area contributed by atoms with E-state index < -0.39 is 0 Å². The number of hydrogen-bond donors (Lipinski definition) is 0. The van der Waals surface area contributed by atoms with Gasteiger partial charge in [-0.05, 0) is 22.9 Å². The standard InChI is InChI=1S/C17H17O2Si/c1-17(2,3)16-11-15(18-20-19-16)14-9-8-12-6-4-5-7-13(12)10-14/h4-11H,1-3H3/q+1. The van der Waals surface area contributed by atoms with Crippen LogP contribution in [0.1, 0.15) is 30.4 Å². The van der Waals surface area contributed by atoms with E-state index in [4.69, 9.17) is 8.54 Å². The first-order valence-corrected chi connectivity index (χ1v) is 7.53. The van der Waals surface area contributed by atoms with E-state index in [1.165, 1.54) is 10.8 Å². The minimum atomic E-state index is -0.00111. The summed E-state index contributed by atoms with van der Waals surface area (Å²) in [6, 6.07) is 14.7. The maximum Gasteiger partial charge on any atom is 1.02 e. The molecule has 0 N–H and O–H groups in total. The molecule has 2 aromatic rings. The smallest absolute Gasteiger partial charge is 0.464 e. The van der Waals surface area contributed by atoms with Crippen LogP contribution in [0.4, 0.5) is 0 Å². The van der Waals surface area contributed by atoms with Crippen LogP contribution < -0.4 is 0 Å². The van der Waals surface area contributed by atoms with Crippen molar-refractivity contribution in [1.82, 2.24) is 0 Å². The molecule has 0 atom stereocenters. The van der Waals surface area contributed by atoms with Crippen molar-refractivity contribution in [2.24, 2.45) is 5.41 Å². The Kier molecular flexibility index (Phi) is 3.22. The molecule has 20 heavy (non-hydrogen) atoms. The van der Waals surface area contributed by atoms with Gasteiger partial charge in [0, 0.05) is 5.41 Å². The summed E-state index contributed by atoms with van der Waals surface area (Å²) in [5, 5.41) is 2.47. The zero-order valence-corrected chi connectivity index (χ0v) is 12.9. The normalized spacial score (nSPS) is 15.6. The topological polar surface area (TPSA) is 20.5 Å². The first kappa shape index (κ1) is 13.1. The summed E-state index contributed by atoms with van der Waals surface area (Å²) in [6.45, 7) is 6.44. The SMILES string of the molecule is CC(C)(C)C1=CC(c2ccc3ccccc3c2)=[O+][Si]O1. The molecule has 0 fully saturated rings. The van der Waals surface area contributed by atoms with Gasteiger partial charge >= 0.3 is 15.8 Å². The molecule has 0 aliphatic carbocycles. The van der Waals surface area contributed by atoms with Crippen LogP contribution in [0.2, 0.25) is 0 Å². The van der Waals surface area contributed by atoms with E-state index in [9.17, 15) is 0 Å². The summed E-state index contributed by atoms with van der Waals surface area (Å²) in [7, 11) is 0.0330. The zero-order valence-electron chi connectivity index (χ0n) is 11.9. The Morgan fingerprint density at radius 1 is 1.00 bits per heavy atom. The molecule has 0 saturated carbocycles. The fourth-order valence-corrected chi connectivity index (χ4v) is 2.91.